The normalized spacial score (nSPS) is 21.5. The van der Waals surface area contributed by atoms with E-state index in [9.17, 15) is 5.11 Å². The second-order valence-electron chi connectivity index (χ2n) is 5.16. The van der Waals surface area contributed by atoms with Crippen molar-refractivity contribution in [3.63, 3.8) is 0 Å². The van der Waals surface area contributed by atoms with E-state index in [-0.39, 0.29) is 12.6 Å². The smallest absolute Gasteiger partial charge is 0.161 e. The maximum absolute atomic E-state index is 9.77. The van der Waals surface area contributed by atoms with Gasteiger partial charge in [-0.2, -0.15) is 0 Å². The van der Waals surface area contributed by atoms with Gasteiger partial charge in [-0.05, 0) is 24.6 Å². The summed E-state index contributed by atoms with van der Waals surface area (Å²) in [4.78, 5) is 2.31. The topological polar surface area (TPSA) is 54.0 Å². The summed E-state index contributed by atoms with van der Waals surface area (Å²) in [7, 11) is 3.25. The van der Waals surface area contributed by atoms with Gasteiger partial charge in [-0.25, -0.2) is 0 Å². The molecule has 0 radical (unpaired) electrons. The number of nitrogens with one attached hydrogen (secondary N) is 1. The summed E-state index contributed by atoms with van der Waals surface area (Å²) in [6.45, 7) is 5.08. The molecule has 5 heteroatoms. The Kier molecular flexibility index (Phi) is 5.23. The van der Waals surface area contributed by atoms with Gasteiger partial charge in [0.15, 0.2) is 11.5 Å². The first-order valence-corrected chi connectivity index (χ1v) is 6.99. The lowest BCUT2D eigenvalue weighted by Crippen LogP contribution is -2.50. The van der Waals surface area contributed by atoms with Crippen LogP contribution in [0.4, 0.5) is 0 Å². The third-order valence-corrected chi connectivity index (χ3v) is 3.81. The first-order valence-electron chi connectivity index (χ1n) is 6.99. The highest BCUT2D eigenvalue weighted by atomic mass is 16.5. The molecule has 0 spiro atoms. The largest absolute Gasteiger partial charge is 0.493 e. The van der Waals surface area contributed by atoms with E-state index in [4.69, 9.17) is 9.47 Å². The van der Waals surface area contributed by atoms with E-state index >= 15 is 0 Å². The van der Waals surface area contributed by atoms with Gasteiger partial charge in [0, 0.05) is 25.7 Å². The lowest BCUT2D eigenvalue weighted by atomic mass is 10.0. The van der Waals surface area contributed by atoms with Crippen LogP contribution in [0.1, 0.15) is 18.5 Å². The number of nitrogens with zero attached hydrogens (tertiary/aromatic N) is 1. The molecule has 1 aromatic carbocycles. The van der Waals surface area contributed by atoms with Gasteiger partial charge >= 0.3 is 0 Å². The predicted octanol–water partition coefficient (Wildman–Crippen LogP) is 1.03. The van der Waals surface area contributed by atoms with Crippen LogP contribution in [0.5, 0.6) is 11.5 Å². The molecular formula is C15H24N2O3. The zero-order chi connectivity index (χ0) is 14.5. The molecule has 1 aliphatic rings. The Hall–Kier alpha value is -1.30. The Morgan fingerprint density at radius 3 is 2.70 bits per heavy atom. The molecule has 112 valence electrons. The van der Waals surface area contributed by atoms with Gasteiger partial charge in [-0.15, -0.1) is 0 Å². The lowest BCUT2D eigenvalue weighted by molar-refractivity contribution is 0.0961. The van der Waals surface area contributed by atoms with Gasteiger partial charge in [0.25, 0.3) is 0 Å². The van der Waals surface area contributed by atoms with Crippen LogP contribution >= 0.6 is 0 Å². The number of rotatable bonds is 5. The molecule has 0 aromatic heterocycles. The van der Waals surface area contributed by atoms with Crippen molar-refractivity contribution in [2.45, 2.75) is 19.0 Å². The van der Waals surface area contributed by atoms with Crippen LogP contribution in [-0.4, -0.2) is 56.5 Å². The van der Waals surface area contributed by atoms with Crippen molar-refractivity contribution in [2.24, 2.45) is 0 Å². The number of piperazine rings is 1. The Balaban J connectivity index is 2.22. The predicted molar refractivity (Wildman–Crippen MR) is 78.4 cm³/mol. The van der Waals surface area contributed by atoms with Crippen molar-refractivity contribution >= 4 is 0 Å². The van der Waals surface area contributed by atoms with Gasteiger partial charge in [0.05, 0.1) is 26.9 Å². The van der Waals surface area contributed by atoms with Crippen molar-refractivity contribution in [1.82, 2.24) is 10.2 Å². The average Bonchev–Trinajstić information content (AvgIpc) is 2.48. The van der Waals surface area contributed by atoms with Gasteiger partial charge in [0.2, 0.25) is 0 Å². The number of ether oxygens (including phenoxy) is 2. The summed E-state index contributed by atoms with van der Waals surface area (Å²) in [6.07, 6.45) is 0. The van der Waals surface area contributed by atoms with Crippen molar-refractivity contribution in [3.8, 4) is 11.5 Å². The van der Waals surface area contributed by atoms with Gasteiger partial charge in [-0.3, -0.25) is 4.90 Å². The van der Waals surface area contributed by atoms with E-state index in [2.05, 4.69) is 17.1 Å². The minimum Gasteiger partial charge on any atom is -0.493 e. The lowest BCUT2D eigenvalue weighted by Gasteiger charge is -2.37. The summed E-state index contributed by atoms with van der Waals surface area (Å²) in [5, 5.41) is 13.2. The van der Waals surface area contributed by atoms with E-state index in [0.717, 1.165) is 25.2 Å². The van der Waals surface area contributed by atoms with E-state index in [1.807, 2.05) is 18.2 Å². The van der Waals surface area contributed by atoms with E-state index in [0.29, 0.717) is 17.5 Å². The standard InChI is InChI=1S/C15H24N2O3/c1-11-9-17(7-6-16-11)13(10-18)12-4-5-14(19-2)15(8-12)20-3/h4-5,8,11,13,16,18H,6-7,9-10H2,1-3H3. The van der Waals surface area contributed by atoms with Crippen LogP contribution in [0.15, 0.2) is 18.2 Å². The molecule has 20 heavy (non-hydrogen) atoms. The summed E-state index contributed by atoms with van der Waals surface area (Å²) in [5.41, 5.74) is 1.05. The molecule has 1 saturated heterocycles. The number of hydrogen-bond donors (Lipinski definition) is 2. The SMILES string of the molecule is COc1ccc(C(CO)N2CCNC(C)C2)cc1OC. The number of aliphatic hydroxyl groups is 1. The minimum absolute atomic E-state index is 0.000596. The summed E-state index contributed by atoms with van der Waals surface area (Å²) in [5.74, 6) is 1.41. The Bertz CT molecular complexity index is 439. The van der Waals surface area contributed by atoms with Crippen LogP contribution in [0.25, 0.3) is 0 Å². The first-order chi connectivity index (χ1) is 9.69. The summed E-state index contributed by atoms with van der Waals surface area (Å²) >= 11 is 0. The van der Waals surface area contributed by atoms with E-state index in [1.54, 1.807) is 14.2 Å². The molecule has 0 bridgehead atoms. The van der Waals surface area contributed by atoms with Crippen LogP contribution in [0.2, 0.25) is 0 Å². The van der Waals surface area contributed by atoms with Crippen molar-refractivity contribution in [3.05, 3.63) is 23.8 Å². The summed E-state index contributed by atoms with van der Waals surface area (Å²) < 4.78 is 10.6. The number of hydrogen-bond acceptors (Lipinski definition) is 5. The summed E-state index contributed by atoms with van der Waals surface area (Å²) in [6, 6.07) is 6.28. The van der Waals surface area contributed by atoms with Crippen molar-refractivity contribution < 1.29 is 14.6 Å². The quantitative estimate of drug-likeness (QED) is 0.844. The van der Waals surface area contributed by atoms with Crippen LogP contribution in [0.3, 0.4) is 0 Å². The molecular weight excluding hydrogens is 256 g/mol. The highest BCUT2D eigenvalue weighted by Gasteiger charge is 2.25. The fourth-order valence-electron chi connectivity index (χ4n) is 2.74. The van der Waals surface area contributed by atoms with Crippen LogP contribution in [-0.2, 0) is 0 Å². The fourth-order valence-corrected chi connectivity index (χ4v) is 2.74. The highest BCUT2D eigenvalue weighted by Crippen LogP contribution is 2.32. The minimum atomic E-state index is -0.000596. The molecule has 2 atom stereocenters. The second-order valence-corrected chi connectivity index (χ2v) is 5.16. The molecule has 1 heterocycles. The first kappa shape index (κ1) is 15.1. The monoisotopic (exact) mass is 280 g/mol. The molecule has 2 N–H and O–H groups in total. The number of aliphatic hydroxyl groups excluding tert-OH is 1. The molecule has 1 aromatic rings. The Labute approximate surface area is 120 Å². The molecule has 0 saturated carbocycles. The number of benzene rings is 1. The molecule has 1 fully saturated rings. The number of methoxy groups -OCH3 is 2. The van der Waals surface area contributed by atoms with Crippen molar-refractivity contribution in [1.29, 1.82) is 0 Å². The molecule has 1 aliphatic heterocycles. The van der Waals surface area contributed by atoms with Gasteiger partial charge in [0.1, 0.15) is 0 Å². The maximum Gasteiger partial charge on any atom is 0.161 e. The van der Waals surface area contributed by atoms with Crippen LogP contribution in [0, 0.1) is 0 Å². The fraction of sp³-hybridized carbons (Fsp3) is 0.600. The highest BCUT2D eigenvalue weighted by molar-refractivity contribution is 5.43. The zero-order valence-electron chi connectivity index (χ0n) is 12.4. The molecule has 5 nitrogen and oxygen atoms in total. The van der Waals surface area contributed by atoms with Gasteiger partial charge in [-0.1, -0.05) is 6.07 Å². The average molecular weight is 280 g/mol. The second kappa shape index (κ2) is 6.92. The molecule has 2 unspecified atom stereocenters. The third-order valence-electron chi connectivity index (χ3n) is 3.81. The van der Waals surface area contributed by atoms with E-state index in [1.165, 1.54) is 0 Å². The molecule has 0 amide bonds. The third kappa shape index (κ3) is 3.23. The van der Waals surface area contributed by atoms with Crippen molar-refractivity contribution in [2.75, 3.05) is 40.5 Å². The molecule has 2 rings (SSSR count). The van der Waals surface area contributed by atoms with E-state index < -0.39 is 0 Å². The Morgan fingerprint density at radius 2 is 2.10 bits per heavy atom. The zero-order valence-corrected chi connectivity index (χ0v) is 12.4. The van der Waals surface area contributed by atoms with Crippen LogP contribution < -0.4 is 14.8 Å². The Morgan fingerprint density at radius 1 is 1.35 bits per heavy atom. The maximum atomic E-state index is 9.77. The van der Waals surface area contributed by atoms with Gasteiger partial charge < -0.3 is 19.9 Å². The molecule has 0 aliphatic carbocycles.